The summed E-state index contributed by atoms with van der Waals surface area (Å²) in [6, 6.07) is 32.6. The molecule has 5 rings (SSSR count). The van der Waals surface area contributed by atoms with Crippen molar-refractivity contribution >= 4 is 39.1 Å². The van der Waals surface area contributed by atoms with E-state index in [4.69, 9.17) is 11.6 Å². The van der Waals surface area contributed by atoms with E-state index < -0.39 is 28.5 Å². The maximum Gasteiger partial charge on any atom is 0.264 e. The van der Waals surface area contributed by atoms with Crippen molar-refractivity contribution in [3.05, 3.63) is 131 Å². The second-order valence-electron chi connectivity index (χ2n) is 11.0. The molecule has 7 nitrogen and oxygen atoms in total. The summed E-state index contributed by atoms with van der Waals surface area (Å²) in [7, 11) is -4.17. The molecule has 0 spiro atoms. The van der Waals surface area contributed by atoms with Gasteiger partial charge in [0, 0.05) is 24.0 Å². The molecular weight excluding hydrogens is 594 g/mol. The molecule has 9 heteroatoms. The first-order chi connectivity index (χ1) is 21.3. The Labute approximate surface area is 264 Å². The van der Waals surface area contributed by atoms with Gasteiger partial charge in [-0.3, -0.25) is 13.9 Å². The van der Waals surface area contributed by atoms with E-state index in [1.165, 1.54) is 29.2 Å². The molecule has 1 saturated carbocycles. The Kier molecular flexibility index (Phi) is 10.4. The van der Waals surface area contributed by atoms with Crippen LogP contribution in [0.5, 0.6) is 0 Å². The van der Waals surface area contributed by atoms with Gasteiger partial charge < -0.3 is 10.2 Å². The van der Waals surface area contributed by atoms with E-state index in [9.17, 15) is 18.0 Å². The Morgan fingerprint density at radius 1 is 0.773 bits per heavy atom. The maximum absolute atomic E-state index is 14.5. The lowest BCUT2D eigenvalue weighted by molar-refractivity contribution is -0.140. The number of para-hydroxylation sites is 1. The second kappa shape index (κ2) is 14.6. The van der Waals surface area contributed by atoms with Gasteiger partial charge in [0.05, 0.1) is 10.6 Å². The van der Waals surface area contributed by atoms with E-state index in [0.29, 0.717) is 10.7 Å². The van der Waals surface area contributed by atoms with Crippen LogP contribution in [0.3, 0.4) is 0 Å². The number of carbonyl (C=O) groups is 2. The normalized spacial score (nSPS) is 14.1. The summed E-state index contributed by atoms with van der Waals surface area (Å²) < 4.78 is 29.1. The van der Waals surface area contributed by atoms with Crippen LogP contribution in [0, 0.1) is 0 Å². The molecule has 1 fully saturated rings. The summed E-state index contributed by atoms with van der Waals surface area (Å²) in [5.74, 6) is -0.727. The molecule has 0 aliphatic heterocycles. The lowest BCUT2D eigenvalue weighted by Gasteiger charge is -2.34. The number of halogens is 1. The Hall–Kier alpha value is -4.14. The van der Waals surface area contributed by atoms with Gasteiger partial charge in [-0.2, -0.15) is 0 Å². The number of benzene rings is 4. The van der Waals surface area contributed by atoms with Crippen LogP contribution in [-0.4, -0.2) is 43.8 Å². The number of hydrogen-bond acceptors (Lipinski definition) is 4. The van der Waals surface area contributed by atoms with Crippen LogP contribution in [0.25, 0.3) is 0 Å². The third-order valence-corrected chi connectivity index (χ3v) is 9.93. The molecule has 1 N–H and O–H groups in total. The van der Waals surface area contributed by atoms with Gasteiger partial charge in [-0.1, -0.05) is 103 Å². The zero-order valence-electron chi connectivity index (χ0n) is 24.4. The highest BCUT2D eigenvalue weighted by molar-refractivity contribution is 7.92. The van der Waals surface area contributed by atoms with Gasteiger partial charge in [0.15, 0.2) is 0 Å². The van der Waals surface area contributed by atoms with Crippen LogP contribution in [0.2, 0.25) is 5.02 Å². The summed E-state index contributed by atoms with van der Waals surface area (Å²) in [6.45, 7) is -0.358. The van der Waals surface area contributed by atoms with E-state index in [0.717, 1.165) is 41.1 Å². The van der Waals surface area contributed by atoms with Gasteiger partial charge in [0.25, 0.3) is 10.0 Å². The fourth-order valence-corrected chi connectivity index (χ4v) is 7.10. The van der Waals surface area contributed by atoms with E-state index in [2.05, 4.69) is 5.32 Å². The number of carbonyl (C=O) groups excluding carboxylic acids is 2. The summed E-state index contributed by atoms with van der Waals surface area (Å²) in [5.41, 5.74) is 2.07. The topological polar surface area (TPSA) is 86.8 Å². The molecule has 4 aromatic rings. The van der Waals surface area contributed by atoms with E-state index in [-0.39, 0.29) is 29.8 Å². The van der Waals surface area contributed by atoms with E-state index in [1.54, 1.807) is 30.3 Å². The molecule has 228 valence electrons. The van der Waals surface area contributed by atoms with Gasteiger partial charge in [-0.15, -0.1) is 0 Å². The molecule has 0 saturated heterocycles. The van der Waals surface area contributed by atoms with Gasteiger partial charge in [-0.25, -0.2) is 8.42 Å². The molecule has 1 aliphatic carbocycles. The van der Waals surface area contributed by atoms with Crippen LogP contribution in [0.15, 0.2) is 120 Å². The summed E-state index contributed by atoms with van der Waals surface area (Å²) in [6.07, 6.45) is 4.19. The van der Waals surface area contributed by atoms with E-state index >= 15 is 0 Å². The molecule has 4 aromatic carbocycles. The standard InChI is InChI=1S/C35H36ClN3O4S/c36-29-20-22-32(23-21-29)44(42,43)39(31-18-8-3-9-19-31)26-34(40)38(25-28-14-6-2-7-15-28)33(24-27-12-4-1-5-13-27)35(41)37-30-16-10-11-17-30/h1-9,12-15,18-23,30,33H,10-11,16-17,24-26H2,(H,37,41). The maximum atomic E-state index is 14.5. The van der Waals surface area contributed by atoms with Crippen molar-refractivity contribution in [1.82, 2.24) is 10.2 Å². The Balaban J connectivity index is 1.54. The lowest BCUT2D eigenvalue weighted by Crippen LogP contribution is -2.54. The van der Waals surface area contributed by atoms with Crippen LogP contribution < -0.4 is 9.62 Å². The zero-order valence-corrected chi connectivity index (χ0v) is 26.0. The highest BCUT2D eigenvalue weighted by Gasteiger charge is 2.35. The molecule has 1 unspecified atom stereocenters. The Morgan fingerprint density at radius 2 is 1.32 bits per heavy atom. The van der Waals surface area contributed by atoms with Crippen molar-refractivity contribution in [3.63, 3.8) is 0 Å². The quantitative estimate of drug-likeness (QED) is 0.201. The number of amides is 2. The Bertz CT molecular complexity index is 1630. The first-order valence-corrected chi connectivity index (χ1v) is 16.6. The third kappa shape index (κ3) is 7.87. The molecule has 0 radical (unpaired) electrons. The first-order valence-electron chi connectivity index (χ1n) is 14.8. The molecule has 1 atom stereocenters. The largest absolute Gasteiger partial charge is 0.352 e. The predicted molar refractivity (Wildman–Crippen MR) is 174 cm³/mol. The highest BCUT2D eigenvalue weighted by atomic mass is 35.5. The van der Waals surface area contributed by atoms with Crippen LogP contribution >= 0.6 is 11.6 Å². The minimum absolute atomic E-state index is 0.00738. The number of nitrogens with zero attached hydrogens (tertiary/aromatic N) is 2. The molecule has 2 amide bonds. The van der Waals surface area contributed by atoms with Crippen molar-refractivity contribution in [2.24, 2.45) is 0 Å². The lowest BCUT2D eigenvalue weighted by atomic mass is 10.0. The smallest absolute Gasteiger partial charge is 0.264 e. The van der Waals surface area contributed by atoms with Crippen molar-refractivity contribution in [2.45, 2.75) is 55.6 Å². The predicted octanol–water partition coefficient (Wildman–Crippen LogP) is 6.23. The van der Waals surface area contributed by atoms with Crippen molar-refractivity contribution in [3.8, 4) is 0 Å². The summed E-state index contributed by atoms with van der Waals surface area (Å²) in [4.78, 5) is 30.0. The number of rotatable bonds is 12. The van der Waals surface area contributed by atoms with Crippen molar-refractivity contribution < 1.29 is 18.0 Å². The summed E-state index contributed by atoms with van der Waals surface area (Å²) >= 11 is 6.05. The van der Waals surface area contributed by atoms with Crippen LogP contribution in [0.1, 0.15) is 36.8 Å². The number of sulfonamides is 1. The SMILES string of the molecule is O=C(NC1CCCC1)C(Cc1ccccc1)N(Cc1ccccc1)C(=O)CN(c1ccccc1)S(=O)(=O)c1ccc(Cl)cc1. The minimum Gasteiger partial charge on any atom is -0.352 e. The van der Waals surface area contributed by atoms with Gasteiger partial charge in [-0.05, 0) is 60.4 Å². The molecular formula is C35H36ClN3O4S. The van der Waals surface area contributed by atoms with E-state index in [1.807, 2.05) is 60.7 Å². The number of hydrogen-bond donors (Lipinski definition) is 1. The van der Waals surface area contributed by atoms with Crippen molar-refractivity contribution in [1.29, 1.82) is 0 Å². The Morgan fingerprint density at radius 3 is 1.91 bits per heavy atom. The average molecular weight is 630 g/mol. The molecule has 0 aromatic heterocycles. The minimum atomic E-state index is -4.17. The molecule has 0 heterocycles. The molecule has 0 bridgehead atoms. The van der Waals surface area contributed by atoms with Gasteiger partial charge >= 0.3 is 0 Å². The monoisotopic (exact) mass is 629 g/mol. The molecule has 44 heavy (non-hydrogen) atoms. The van der Waals surface area contributed by atoms with Crippen LogP contribution in [-0.2, 0) is 32.6 Å². The van der Waals surface area contributed by atoms with Gasteiger partial charge in [0.1, 0.15) is 12.6 Å². The number of anilines is 1. The number of nitrogens with one attached hydrogen (secondary N) is 1. The van der Waals surface area contributed by atoms with Crippen LogP contribution in [0.4, 0.5) is 5.69 Å². The van der Waals surface area contributed by atoms with Gasteiger partial charge in [0.2, 0.25) is 11.8 Å². The second-order valence-corrected chi connectivity index (χ2v) is 13.3. The first kappa shape index (κ1) is 31.3. The highest BCUT2D eigenvalue weighted by Crippen LogP contribution is 2.26. The third-order valence-electron chi connectivity index (χ3n) is 7.89. The average Bonchev–Trinajstić information content (AvgIpc) is 3.56. The fraction of sp³-hybridized carbons (Fsp3) is 0.257. The van der Waals surface area contributed by atoms with Crippen molar-refractivity contribution in [2.75, 3.05) is 10.8 Å². The fourth-order valence-electron chi connectivity index (χ4n) is 5.56. The zero-order chi connectivity index (χ0) is 30.9. The summed E-state index contributed by atoms with van der Waals surface area (Å²) in [5, 5.41) is 3.59. The molecule has 1 aliphatic rings.